The Bertz CT molecular complexity index is 796. The van der Waals surface area contributed by atoms with Crippen molar-refractivity contribution in [1.82, 2.24) is 15.0 Å². The van der Waals surface area contributed by atoms with Crippen molar-refractivity contribution in [2.75, 3.05) is 5.73 Å². The number of aromatic carboxylic acids is 1. The van der Waals surface area contributed by atoms with Crippen LogP contribution in [0.15, 0.2) is 48.8 Å². The summed E-state index contributed by atoms with van der Waals surface area (Å²) in [6, 6.07) is 12.4. The van der Waals surface area contributed by atoms with Crippen molar-refractivity contribution in [3.63, 3.8) is 0 Å². The molecule has 0 aliphatic carbocycles. The molecule has 0 unspecified atom stereocenters. The van der Waals surface area contributed by atoms with Crippen molar-refractivity contribution in [1.29, 1.82) is 0 Å². The summed E-state index contributed by atoms with van der Waals surface area (Å²) in [5.74, 6) is -0.675. The molecular formula is C15H12N4O2. The quantitative estimate of drug-likeness (QED) is 0.683. The van der Waals surface area contributed by atoms with E-state index in [1.54, 1.807) is 12.1 Å². The number of nitrogens with two attached hydrogens (primary N) is 1. The van der Waals surface area contributed by atoms with Gasteiger partial charge >= 0.3 is 5.97 Å². The topological polar surface area (TPSA) is 105 Å². The van der Waals surface area contributed by atoms with Gasteiger partial charge in [0.2, 0.25) is 0 Å². The summed E-state index contributed by atoms with van der Waals surface area (Å²) in [6.45, 7) is 0. The number of aromatic nitrogens is 3. The number of carboxylic acids is 1. The molecule has 104 valence electrons. The summed E-state index contributed by atoms with van der Waals surface area (Å²) in [7, 11) is 0. The molecule has 0 aliphatic rings. The van der Waals surface area contributed by atoms with Gasteiger partial charge in [-0.15, -0.1) is 0 Å². The first-order valence-corrected chi connectivity index (χ1v) is 6.25. The molecule has 0 amide bonds. The molecule has 0 atom stereocenters. The number of hydrogen-bond donors (Lipinski definition) is 3. The Kier molecular flexibility index (Phi) is 3.12. The third-order valence-electron chi connectivity index (χ3n) is 3.07. The van der Waals surface area contributed by atoms with Crippen LogP contribution < -0.4 is 5.73 Å². The van der Waals surface area contributed by atoms with Crippen LogP contribution in [0.4, 0.5) is 5.82 Å². The predicted molar refractivity (Wildman–Crippen MR) is 78.6 cm³/mol. The van der Waals surface area contributed by atoms with E-state index in [4.69, 9.17) is 5.73 Å². The smallest absolute Gasteiger partial charge is 0.337 e. The lowest BCUT2D eigenvalue weighted by Crippen LogP contribution is -1.96. The van der Waals surface area contributed by atoms with Crippen LogP contribution in [-0.2, 0) is 0 Å². The second-order valence-corrected chi connectivity index (χ2v) is 4.47. The lowest BCUT2D eigenvalue weighted by Gasteiger charge is -2.00. The van der Waals surface area contributed by atoms with Gasteiger partial charge in [-0.25, -0.2) is 14.8 Å². The number of rotatable bonds is 3. The number of H-pyrrole nitrogens is 1. The Labute approximate surface area is 120 Å². The second kappa shape index (κ2) is 5.09. The molecule has 21 heavy (non-hydrogen) atoms. The fourth-order valence-corrected chi connectivity index (χ4v) is 2.11. The lowest BCUT2D eigenvalue weighted by atomic mass is 10.1. The van der Waals surface area contributed by atoms with Crippen LogP contribution in [0.1, 0.15) is 10.4 Å². The van der Waals surface area contributed by atoms with E-state index in [1.165, 1.54) is 6.33 Å². The summed E-state index contributed by atoms with van der Waals surface area (Å²) in [5, 5.41) is 9.36. The fourth-order valence-electron chi connectivity index (χ4n) is 2.11. The Morgan fingerprint density at radius 3 is 2.57 bits per heavy atom. The van der Waals surface area contributed by atoms with Crippen molar-refractivity contribution >= 4 is 11.8 Å². The highest BCUT2D eigenvalue weighted by molar-refractivity contribution is 5.97. The molecule has 2 heterocycles. The van der Waals surface area contributed by atoms with Crippen LogP contribution >= 0.6 is 0 Å². The number of carbonyl (C=O) groups is 1. The molecule has 0 aliphatic heterocycles. The highest BCUT2D eigenvalue weighted by Crippen LogP contribution is 2.28. The average molecular weight is 280 g/mol. The third-order valence-corrected chi connectivity index (χ3v) is 3.07. The van der Waals surface area contributed by atoms with Crippen molar-refractivity contribution in [2.45, 2.75) is 0 Å². The molecule has 3 aromatic rings. The molecule has 1 aromatic carbocycles. The van der Waals surface area contributed by atoms with Gasteiger partial charge in [0.25, 0.3) is 0 Å². The number of anilines is 1. The molecule has 0 bridgehead atoms. The highest BCUT2D eigenvalue weighted by atomic mass is 16.4. The van der Waals surface area contributed by atoms with E-state index in [2.05, 4.69) is 15.0 Å². The Balaban J connectivity index is 2.15. The second-order valence-electron chi connectivity index (χ2n) is 4.47. The lowest BCUT2D eigenvalue weighted by molar-refractivity contribution is 0.0698. The van der Waals surface area contributed by atoms with Gasteiger partial charge in [0, 0.05) is 6.07 Å². The van der Waals surface area contributed by atoms with E-state index in [1.807, 2.05) is 30.3 Å². The minimum absolute atomic E-state index is 0.188. The largest absolute Gasteiger partial charge is 0.478 e. The normalized spacial score (nSPS) is 10.5. The minimum atomic E-state index is -1.00. The van der Waals surface area contributed by atoms with E-state index in [0.29, 0.717) is 22.9 Å². The number of nitrogen functional groups attached to an aromatic ring is 1. The third kappa shape index (κ3) is 2.46. The first-order chi connectivity index (χ1) is 10.1. The standard InChI is InChI=1S/C15H12N4O2/c16-13-7-11(17-8-18-13)12-6-10(15(20)21)14(19-12)9-4-2-1-3-5-9/h1-8,19H,(H,20,21)(H2,16,17,18). The van der Waals surface area contributed by atoms with Crippen LogP contribution in [-0.4, -0.2) is 26.0 Å². The zero-order valence-electron chi connectivity index (χ0n) is 10.9. The first-order valence-electron chi connectivity index (χ1n) is 6.25. The summed E-state index contributed by atoms with van der Waals surface area (Å²) < 4.78 is 0. The van der Waals surface area contributed by atoms with Gasteiger partial charge in [0.05, 0.1) is 22.6 Å². The SMILES string of the molecule is Nc1cc(-c2cc(C(=O)O)c(-c3ccccc3)[nH]2)ncn1. The van der Waals surface area contributed by atoms with E-state index in [9.17, 15) is 9.90 Å². The van der Waals surface area contributed by atoms with Gasteiger partial charge in [0.15, 0.2) is 0 Å². The summed E-state index contributed by atoms with van der Waals surface area (Å²) >= 11 is 0. The minimum Gasteiger partial charge on any atom is -0.478 e. The molecule has 4 N–H and O–H groups in total. The van der Waals surface area contributed by atoms with Crippen molar-refractivity contribution in [3.05, 3.63) is 54.4 Å². The van der Waals surface area contributed by atoms with E-state index < -0.39 is 5.97 Å². The van der Waals surface area contributed by atoms with Crippen LogP contribution in [0, 0.1) is 0 Å². The number of nitrogens with one attached hydrogen (secondary N) is 1. The molecule has 0 saturated heterocycles. The first kappa shape index (κ1) is 12.9. The van der Waals surface area contributed by atoms with Crippen molar-refractivity contribution < 1.29 is 9.90 Å². The van der Waals surface area contributed by atoms with Crippen LogP contribution in [0.3, 0.4) is 0 Å². The molecule has 6 heteroatoms. The average Bonchev–Trinajstić information content (AvgIpc) is 2.93. The highest BCUT2D eigenvalue weighted by Gasteiger charge is 2.17. The maximum atomic E-state index is 11.4. The summed E-state index contributed by atoms with van der Waals surface area (Å²) in [4.78, 5) is 22.5. The molecule has 3 rings (SSSR count). The number of benzene rings is 1. The number of hydrogen-bond acceptors (Lipinski definition) is 4. The summed E-state index contributed by atoms with van der Waals surface area (Å²) in [5.41, 5.74) is 8.28. The predicted octanol–water partition coefficient (Wildman–Crippen LogP) is 2.42. The Hall–Kier alpha value is -3.15. The van der Waals surface area contributed by atoms with Gasteiger partial charge < -0.3 is 15.8 Å². The monoisotopic (exact) mass is 280 g/mol. The fraction of sp³-hybridized carbons (Fsp3) is 0. The van der Waals surface area contributed by atoms with Gasteiger partial charge in [-0.05, 0) is 11.6 Å². The molecule has 0 spiro atoms. The van der Waals surface area contributed by atoms with Gasteiger partial charge in [-0.1, -0.05) is 30.3 Å². The number of carboxylic acid groups (broad SMARTS) is 1. The molecule has 0 fully saturated rings. The van der Waals surface area contributed by atoms with Crippen LogP contribution in [0.2, 0.25) is 0 Å². The molecule has 2 aromatic heterocycles. The molecular weight excluding hydrogens is 268 g/mol. The Morgan fingerprint density at radius 2 is 1.90 bits per heavy atom. The number of nitrogens with zero attached hydrogens (tertiary/aromatic N) is 2. The van der Waals surface area contributed by atoms with Gasteiger partial charge in [-0.3, -0.25) is 0 Å². The van der Waals surface area contributed by atoms with Crippen molar-refractivity contribution in [2.24, 2.45) is 0 Å². The van der Waals surface area contributed by atoms with E-state index >= 15 is 0 Å². The van der Waals surface area contributed by atoms with Gasteiger partial charge in [-0.2, -0.15) is 0 Å². The van der Waals surface area contributed by atoms with E-state index in [0.717, 1.165) is 5.56 Å². The zero-order valence-corrected chi connectivity index (χ0v) is 10.9. The molecule has 6 nitrogen and oxygen atoms in total. The van der Waals surface area contributed by atoms with Crippen molar-refractivity contribution in [3.8, 4) is 22.6 Å². The maximum absolute atomic E-state index is 11.4. The van der Waals surface area contributed by atoms with Gasteiger partial charge in [0.1, 0.15) is 12.1 Å². The van der Waals surface area contributed by atoms with Crippen LogP contribution in [0.5, 0.6) is 0 Å². The zero-order chi connectivity index (χ0) is 14.8. The number of aromatic amines is 1. The van der Waals surface area contributed by atoms with Crippen LogP contribution in [0.25, 0.3) is 22.6 Å². The maximum Gasteiger partial charge on any atom is 0.337 e. The van der Waals surface area contributed by atoms with E-state index in [-0.39, 0.29) is 5.56 Å². The summed E-state index contributed by atoms with van der Waals surface area (Å²) in [6.07, 6.45) is 1.34. The molecule has 0 radical (unpaired) electrons. The Morgan fingerprint density at radius 1 is 1.14 bits per heavy atom. The molecule has 0 saturated carbocycles.